The summed E-state index contributed by atoms with van der Waals surface area (Å²) in [6, 6.07) is 12.7. The molecule has 176 valence electrons. The van der Waals surface area contributed by atoms with Crippen molar-refractivity contribution < 1.29 is 4.74 Å². The first-order chi connectivity index (χ1) is 17.1. The van der Waals surface area contributed by atoms with Gasteiger partial charge in [-0.2, -0.15) is 0 Å². The van der Waals surface area contributed by atoms with Gasteiger partial charge in [-0.05, 0) is 37.0 Å². The molecule has 1 aliphatic carbocycles. The Kier molecular flexibility index (Phi) is 5.30. The lowest BCUT2D eigenvalue weighted by Crippen LogP contribution is -2.40. The molecule has 35 heavy (non-hydrogen) atoms. The molecule has 4 aromatic heterocycles. The zero-order valence-electron chi connectivity index (χ0n) is 20.0. The van der Waals surface area contributed by atoms with Gasteiger partial charge in [0.05, 0.1) is 6.10 Å². The molecule has 0 radical (unpaired) electrons. The van der Waals surface area contributed by atoms with Gasteiger partial charge in [0, 0.05) is 67.9 Å². The van der Waals surface area contributed by atoms with Gasteiger partial charge in [-0.1, -0.05) is 30.3 Å². The lowest BCUT2D eigenvalue weighted by molar-refractivity contribution is 0.0328. The summed E-state index contributed by atoms with van der Waals surface area (Å²) in [5.41, 5.74) is 6.42. The molecule has 0 amide bonds. The van der Waals surface area contributed by atoms with Crippen molar-refractivity contribution >= 4 is 11.3 Å². The number of rotatable bonds is 6. The van der Waals surface area contributed by atoms with Crippen molar-refractivity contribution in [3.63, 3.8) is 0 Å². The summed E-state index contributed by atoms with van der Waals surface area (Å²) in [6.07, 6.45) is 11.7. The Morgan fingerprint density at radius 3 is 2.60 bits per heavy atom. The molecule has 0 aliphatic heterocycles. The van der Waals surface area contributed by atoms with Crippen LogP contribution in [-0.2, 0) is 11.8 Å². The second-order valence-corrected chi connectivity index (χ2v) is 9.08. The van der Waals surface area contributed by atoms with Crippen molar-refractivity contribution in [2.24, 2.45) is 7.05 Å². The van der Waals surface area contributed by atoms with Gasteiger partial charge >= 0.3 is 0 Å². The largest absolute Gasteiger partial charge is 0.381 e. The molecule has 1 N–H and O–H groups in total. The molecule has 1 fully saturated rings. The highest BCUT2D eigenvalue weighted by atomic mass is 16.5. The smallest absolute Gasteiger partial charge is 0.218 e. The van der Waals surface area contributed by atoms with E-state index < -0.39 is 0 Å². The van der Waals surface area contributed by atoms with Gasteiger partial charge in [0.2, 0.25) is 5.82 Å². The van der Waals surface area contributed by atoms with E-state index in [0.29, 0.717) is 11.6 Å². The lowest BCUT2D eigenvalue weighted by atomic mass is 9.89. The van der Waals surface area contributed by atoms with Gasteiger partial charge in [0.15, 0.2) is 11.6 Å². The molecule has 0 spiro atoms. The molecule has 0 saturated heterocycles. The molecule has 0 unspecified atom stereocenters. The van der Waals surface area contributed by atoms with E-state index >= 15 is 0 Å². The number of nitrogens with one attached hydrogen (secondary N) is 1. The number of aryl methyl sites for hydroxylation is 2. The van der Waals surface area contributed by atoms with Crippen molar-refractivity contribution in [3.8, 4) is 33.9 Å². The van der Waals surface area contributed by atoms with Gasteiger partial charge in [-0.15, -0.1) is 5.10 Å². The van der Waals surface area contributed by atoms with Gasteiger partial charge < -0.3 is 14.6 Å². The Hall–Kier alpha value is -4.04. The quantitative estimate of drug-likeness (QED) is 0.390. The second kappa shape index (κ2) is 8.63. The van der Waals surface area contributed by atoms with E-state index in [-0.39, 0.29) is 12.1 Å². The Bertz CT molecular complexity index is 1500. The third-order valence-electron chi connectivity index (χ3n) is 6.81. The Morgan fingerprint density at radius 1 is 1.06 bits per heavy atom. The number of hydrogen-bond acceptors (Lipinski definition) is 6. The first kappa shape index (κ1) is 21.5. The van der Waals surface area contributed by atoms with Gasteiger partial charge in [0.25, 0.3) is 0 Å². The summed E-state index contributed by atoms with van der Waals surface area (Å²) in [7, 11) is 3.72. The standard InChI is InChI=1S/C27H27N7O/c1-17-9-10-28-15-21(17)22-16-34-24(23(22)18-7-5-4-6-8-18)25(30-19-13-20(14-19)35-3)31-26(32-34)27-29-11-12-33(27)2/h4-12,15-16,19-20H,13-14H2,1-3H3,(H,30,31,32). The summed E-state index contributed by atoms with van der Waals surface area (Å²) in [5, 5.41) is 8.61. The maximum atomic E-state index is 5.51. The van der Waals surface area contributed by atoms with Crippen molar-refractivity contribution in [1.29, 1.82) is 0 Å². The van der Waals surface area contributed by atoms with Crippen LogP contribution in [0.4, 0.5) is 5.82 Å². The molecule has 8 nitrogen and oxygen atoms in total. The fraction of sp³-hybridized carbons (Fsp3) is 0.259. The number of nitrogens with zero attached hydrogens (tertiary/aromatic N) is 6. The minimum atomic E-state index is 0.286. The highest BCUT2D eigenvalue weighted by Crippen LogP contribution is 2.41. The summed E-state index contributed by atoms with van der Waals surface area (Å²) in [6.45, 7) is 2.11. The van der Waals surface area contributed by atoms with E-state index in [4.69, 9.17) is 14.8 Å². The highest BCUT2D eigenvalue weighted by Gasteiger charge is 2.31. The fourth-order valence-electron chi connectivity index (χ4n) is 4.78. The average Bonchev–Trinajstić information content (AvgIpc) is 3.45. The molecule has 4 heterocycles. The van der Waals surface area contributed by atoms with Crippen LogP contribution in [-0.4, -0.2) is 48.4 Å². The molecular formula is C27H27N7O. The normalized spacial score (nSPS) is 17.5. The van der Waals surface area contributed by atoms with Crippen molar-refractivity contribution in [1.82, 2.24) is 29.1 Å². The van der Waals surface area contributed by atoms with E-state index in [1.165, 1.54) is 0 Å². The number of fused-ring (bicyclic) bond motifs is 1. The van der Waals surface area contributed by atoms with E-state index in [9.17, 15) is 0 Å². The van der Waals surface area contributed by atoms with Crippen LogP contribution in [0.1, 0.15) is 18.4 Å². The number of hydrogen-bond donors (Lipinski definition) is 1. The first-order valence-electron chi connectivity index (χ1n) is 11.8. The third kappa shape index (κ3) is 3.76. The number of ether oxygens (including phenoxy) is 1. The maximum absolute atomic E-state index is 5.51. The first-order valence-corrected chi connectivity index (χ1v) is 11.8. The van der Waals surface area contributed by atoms with Gasteiger partial charge in [-0.25, -0.2) is 14.5 Å². The van der Waals surface area contributed by atoms with Crippen LogP contribution in [0.3, 0.4) is 0 Å². The monoisotopic (exact) mass is 465 g/mol. The SMILES string of the molecule is COC1CC(Nc2nc(-c3nccn3C)nn3cc(-c4cnccc4C)c(-c4ccccc4)c23)C1. The predicted molar refractivity (Wildman–Crippen MR) is 136 cm³/mol. The molecule has 6 rings (SSSR count). The lowest BCUT2D eigenvalue weighted by Gasteiger charge is -2.35. The maximum Gasteiger partial charge on any atom is 0.218 e. The molecule has 8 heteroatoms. The fourth-order valence-corrected chi connectivity index (χ4v) is 4.78. The van der Waals surface area contributed by atoms with Gasteiger partial charge in [-0.3, -0.25) is 4.98 Å². The highest BCUT2D eigenvalue weighted by molar-refractivity contribution is 5.99. The van der Waals surface area contributed by atoms with E-state index in [2.05, 4.69) is 52.7 Å². The number of imidazole rings is 1. The summed E-state index contributed by atoms with van der Waals surface area (Å²) in [4.78, 5) is 13.9. The molecule has 1 aliphatic rings. The summed E-state index contributed by atoms with van der Waals surface area (Å²) in [5.74, 6) is 2.08. The van der Waals surface area contributed by atoms with Crippen LogP contribution < -0.4 is 5.32 Å². The minimum absolute atomic E-state index is 0.286. The number of aromatic nitrogens is 6. The number of anilines is 1. The topological polar surface area (TPSA) is 82.2 Å². The molecule has 5 aromatic rings. The molecular weight excluding hydrogens is 438 g/mol. The van der Waals surface area contributed by atoms with Crippen LogP contribution in [0.15, 0.2) is 67.4 Å². The average molecular weight is 466 g/mol. The van der Waals surface area contributed by atoms with Crippen molar-refractivity contribution in [2.75, 3.05) is 12.4 Å². The van der Waals surface area contributed by atoms with Crippen LogP contribution in [0.25, 0.3) is 39.4 Å². The van der Waals surface area contributed by atoms with E-state index in [1.807, 2.05) is 46.9 Å². The summed E-state index contributed by atoms with van der Waals surface area (Å²) < 4.78 is 9.38. The molecule has 0 bridgehead atoms. The van der Waals surface area contributed by atoms with E-state index in [0.717, 1.165) is 52.0 Å². The molecule has 0 atom stereocenters. The zero-order valence-corrected chi connectivity index (χ0v) is 20.0. The Labute approximate surface area is 203 Å². The molecule has 1 saturated carbocycles. The number of pyridine rings is 1. The predicted octanol–water partition coefficient (Wildman–Crippen LogP) is 4.76. The van der Waals surface area contributed by atoms with E-state index in [1.54, 1.807) is 13.3 Å². The third-order valence-corrected chi connectivity index (χ3v) is 6.81. The number of methoxy groups -OCH3 is 1. The summed E-state index contributed by atoms with van der Waals surface area (Å²) >= 11 is 0. The second-order valence-electron chi connectivity index (χ2n) is 9.08. The van der Waals surface area contributed by atoms with Crippen LogP contribution in [0.5, 0.6) is 0 Å². The molecule has 1 aromatic carbocycles. The van der Waals surface area contributed by atoms with Crippen molar-refractivity contribution in [3.05, 3.63) is 72.9 Å². The van der Waals surface area contributed by atoms with Crippen LogP contribution in [0, 0.1) is 6.92 Å². The minimum Gasteiger partial charge on any atom is -0.381 e. The Balaban J connectivity index is 1.62. The van der Waals surface area contributed by atoms with Crippen LogP contribution in [0.2, 0.25) is 0 Å². The zero-order chi connectivity index (χ0) is 23.9. The van der Waals surface area contributed by atoms with Crippen molar-refractivity contribution in [2.45, 2.75) is 31.9 Å². The number of benzene rings is 1. The van der Waals surface area contributed by atoms with Crippen LogP contribution >= 0.6 is 0 Å². The van der Waals surface area contributed by atoms with Gasteiger partial charge in [0.1, 0.15) is 5.52 Å². The Morgan fingerprint density at radius 2 is 1.89 bits per heavy atom.